The Kier molecular flexibility index (Phi) is 6.45. The molecule has 1 saturated heterocycles. The van der Waals surface area contributed by atoms with Gasteiger partial charge in [-0.2, -0.15) is 17.5 Å². The standard InChI is InChI=1S/C26H25F3N4O3S/c27-26(28,29)23-15-24(31-16-22(23)18-5-6-18)32-11-13-33(14-12-32)37(35,36)19-9-7-17(8-10-19)20-3-1-2-4-21(20)25(30)34/h1-4,7-10,15-16,18H,5-6,11-14H2,(H2,30,34). The number of sulfonamides is 1. The fourth-order valence-electron chi connectivity index (χ4n) is 4.66. The highest BCUT2D eigenvalue weighted by molar-refractivity contribution is 7.89. The Balaban J connectivity index is 1.30. The molecule has 2 N–H and O–H groups in total. The molecule has 0 unspecified atom stereocenters. The molecule has 2 heterocycles. The molecule has 1 aliphatic heterocycles. The summed E-state index contributed by atoms with van der Waals surface area (Å²) in [6.07, 6.45) is -1.68. The zero-order valence-electron chi connectivity index (χ0n) is 19.8. The number of aromatic nitrogens is 1. The van der Waals surface area contributed by atoms with Crippen molar-refractivity contribution in [1.82, 2.24) is 9.29 Å². The maximum absolute atomic E-state index is 13.6. The first kappa shape index (κ1) is 25.2. The number of carbonyl (C=O) groups excluding carboxylic acids is 1. The molecule has 2 fully saturated rings. The molecular weight excluding hydrogens is 505 g/mol. The molecule has 1 aromatic heterocycles. The number of hydrogen-bond donors (Lipinski definition) is 1. The fourth-order valence-corrected chi connectivity index (χ4v) is 6.08. The monoisotopic (exact) mass is 530 g/mol. The molecule has 1 saturated carbocycles. The van der Waals surface area contributed by atoms with Crippen molar-refractivity contribution in [3.63, 3.8) is 0 Å². The van der Waals surface area contributed by atoms with Crippen molar-refractivity contribution in [1.29, 1.82) is 0 Å². The van der Waals surface area contributed by atoms with E-state index in [0.29, 0.717) is 16.7 Å². The van der Waals surface area contributed by atoms with E-state index in [4.69, 9.17) is 5.73 Å². The number of hydrogen-bond acceptors (Lipinski definition) is 5. The zero-order chi connectivity index (χ0) is 26.4. The minimum absolute atomic E-state index is 0.0872. The van der Waals surface area contributed by atoms with Crippen LogP contribution in [-0.2, 0) is 16.2 Å². The van der Waals surface area contributed by atoms with Gasteiger partial charge in [-0.05, 0) is 59.7 Å². The van der Waals surface area contributed by atoms with Gasteiger partial charge in [0.15, 0.2) is 0 Å². The smallest absolute Gasteiger partial charge is 0.366 e. The molecule has 2 aromatic carbocycles. The molecule has 7 nitrogen and oxygen atoms in total. The van der Waals surface area contributed by atoms with Gasteiger partial charge in [0.1, 0.15) is 5.82 Å². The molecule has 1 aliphatic carbocycles. The van der Waals surface area contributed by atoms with Gasteiger partial charge in [-0.25, -0.2) is 13.4 Å². The van der Waals surface area contributed by atoms with Crippen molar-refractivity contribution in [3.05, 3.63) is 77.5 Å². The van der Waals surface area contributed by atoms with Crippen molar-refractivity contribution in [2.24, 2.45) is 5.73 Å². The first-order valence-corrected chi connectivity index (χ1v) is 13.3. The first-order valence-electron chi connectivity index (χ1n) is 11.9. The normalized spacial score (nSPS) is 17.1. The summed E-state index contributed by atoms with van der Waals surface area (Å²) >= 11 is 0. The molecule has 3 aromatic rings. The highest BCUT2D eigenvalue weighted by Gasteiger charge is 2.39. The van der Waals surface area contributed by atoms with E-state index in [-0.39, 0.29) is 48.4 Å². The third-order valence-corrected chi connectivity index (χ3v) is 8.71. The van der Waals surface area contributed by atoms with Crippen molar-refractivity contribution in [3.8, 4) is 11.1 Å². The van der Waals surface area contributed by atoms with Crippen LogP contribution in [-0.4, -0.2) is 49.8 Å². The van der Waals surface area contributed by atoms with Gasteiger partial charge in [0, 0.05) is 37.9 Å². The molecule has 37 heavy (non-hydrogen) atoms. The summed E-state index contributed by atoms with van der Waals surface area (Å²) in [5, 5.41) is 0. The van der Waals surface area contributed by atoms with Crippen LogP contribution < -0.4 is 10.6 Å². The van der Waals surface area contributed by atoms with Crippen LogP contribution in [0.1, 0.15) is 40.2 Å². The van der Waals surface area contributed by atoms with Gasteiger partial charge in [-0.3, -0.25) is 4.79 Å². The predicted octanol–water partition coefficient (Wildman–Crippen LogP) is 4.25. The summed E-state index contributed by atoms with van der Waals surface area (Å²) in [6.45, 7) is 0.663. The largest absolute Gasteiger partial charge is 0.416 e. The lowest BCUT2D eigenvalue weighted by molar-refractivity contribution is -0.138. The van der Waals surface area contributed by atoms with E-state index >= 15 is 0 Å². The molecule has 0 bridgehead atoms. The Morgan fingerprint density at radius 2 is 1.62 bits per heavy atom. The first-order chi connectivity index (χ1) is 17.6. The summed E-state index contributed by atoms with van der Waals surface area (Å²) in [7, 11) is -3.82. The third kappa shape index (κ3) is 5.05. The third-order valence-electron chi connectivity index (χ3n) is 6.80. The summed E-state index contributed by atoms with van der Waals surface area (Å²) in [5.41, 5.74) is 6.62. The van der Waals surface area contributed by atoms with Crippen molar-refractivity contribution in [2.75, 3.05) is 31.1 Å². The van der Waals surface area contributed by atoms with E-state index in [2.05, 4.69) is 4.98 Å². The quantitative estimate of drug-likeness (QED) is 0.514. The molecule has 0 atom stereocenters. The Bertz CT molecular complexity index is 1430. The number of amides is 1. The number of pyridine rings is 1. The Hall–Kier alpha value is -3.44. The average molecular weight is 531 g/mol. The number of piperazine rings is 1. The Morgan fingerprint density at radius 1 is 0.973 bits per heavy atom. The second-order valence-corrected chi connectivity index (χ2v) is 11.2. The lowest BCUT2D eigenvalue weighted by Crippen LogP contribution is -2.49. The second-order valence-electron chi connectivity index (χ2n) is 9.23. The number of nitrogens with zero attached hydrogens (tertiary/aromatic N) is 3. The van der Waals surface area contributed by atoms with E-state index in [1.807, 2.05) is 0 Å². The summed E-state index contributed by atoms with van der Waals surface area (Å²) < 4.78 is 68.7. The van der Waals surface area contributed by atoms with E-state index in [9.17, 15) is 26.4 Å². The zero-order valence-corrected chi connectivity index (χ0v) is 20.6. The Morgan fingerprint density at radius 3 is 2.22 bits per heavy atom. The molecule has 194 valence electrons. The highest BCUT2D eigenvalue weighted by Crippen LogP contribution is 2.46. The van der Waals surface area contributed by atoms with Crippen LogP contribution in [0.5, 0.6) is 0 Å². The van der Waals surface area contributed by atoms with Crippen LogP contribution in [0.3, 0.4) is 0 Å². The van der Waals surface area contributed by atoms with Gasteiger partial charge < -0.3 is 10.6 Å². The van der Waals surface area contributed by atoms with Gasteiger partial charge in [0.05, 0.1) is 10.5 Å². The number of nitrogens with two attached hydrogens (primary N) is 1. The number of halogens is 3. The summed E-state index contributed by atoms with van der Waals surface area (Å²) in [5.74, 6) is -0.466. The SMILES string of the molecule is NC(=O)c1ccccc1-c1ccc(S(=O)(=O)N2CCN(c3cc(C(F)(F)F)c(C4CC4)cn3)CC2)cc1. The van der Waals surface area contributed by atoms with Crippen molar-refractivity contribution in [2.45, 2.75) is 29.8 Å². The average Bonchev–Trinajstić information content (AvgIpc) is 3.74. The molecule has 1 amide bonds. The van der Waals surface area contributed by atoms with Gasteiger partial charge in [0.25, 0.3) is 0 Å². The van der Waals surface area contributed by atoms with Crippen LogP contribution >= 0.6 is 0 Å². The van der Waals surface area contributed by atoms with Gasteiger partial charge >= 0.3 is 6.18 Å². The number of carbonyl (C=O) groups is 1. The lowest BCUT2D eigenvalue weighted by atomic mass is 9.99. The van der Waals surface area contributed by atoms with E-state index in [1.165, 1.54) is 22.6 Å². The molecule has 5 rings (SSSR count). The fraction of sp³-hybridized carbons (Fsp3) is 0.308. The van der Waals surface area contributed by atoms with Crippen LogP contribution in [0.2, 0.25) is 0 Å². The van der Waals surface area contributed by atoms with Crippen LogP contribution in [0, 0.1) is 0 Å². The van der Waals surface area contributed by atoms with E-state index in [0.717, 1.165) is 18.9 Å². The van der Waals surface area contributed by atoms with Crippen LogP contribution in [0.4, 0.5) is 19.0 Å². The van der Waals surface area contributed by atoms with Crippen LogP contribution in [0.25, 0.3) is 11.1 Å². The highest BCUT2D eigenvalue weighted by atomic mass is 32.2. The second kappa shape index (κ2) is 9.46. The summed E-state index contributed by atoms with van der Waals surface area (Å²) in [6, 6.07) is 14.1. The van der Waals surface area contributed by atoms with Crippen LogP contribution in [0.15, 0.2) is 65.7 Å². The maximum atomic E-state index is 13.6. The van der Waals surface area contributed by atoms with E-state index in [1.54, 1.807) is 41.3 Å². The number of alkyl halides is 3. The minimum Gasteiger partial charge on any atom is -0.366 e. The molecule has 0 radical (unpaired) electrons. The lowest BCUT2D eigenvalue weighted by Gasteiger charge is -2.35. The maximum Gasteiger partial charge on any atom is 0.416 e. The topological polar surface area (TPSA) is 96.6 Å². The van der Waals surface area contributed by atoms with Gasteiger partial charge in [-0.1, -0.05) is 30.3 Å². The molecule has 0 spiro atoms. The Labute approximate surface area is 212 Å². The number of primary amides is 1. The number of rotatable bonds is 6. The molecule has 11 heteroatoms. The van der Waals surface area contributed by atoms with Crippen molar-refractivity contribution < 1.29 is 26.4 Å². The number of anilines is 1. The van der Waals surface area contributed by atoms with Crippen molar-refractivity contribution >= 4 is 21.7 Å². The summed E-state index contributed by atoms with van der Waals surface area (Å²) in [4.78, 5) is 17.8. The van der Waals surface area contributed by atoms with Gasteiger partial charge in [-0.15, -0.1) is 0 Å². The van der Waals surface area contributed by atoms with E-state index < -0.39 is 27.7 Å². The molecule has 2 aliphatic rings. The predicted molar refractivity (Wildman–Crippen MR) is 133 cm³/mol. The number of benzene rings is 2. The van der Waals surface area contributed by atoms with Gasteiger partial charge in [0.2, 0.25) is 15.9 Å². The minimum atomic E-state index is -4.47. The molecular formula is C26H25F3N4O3S.